The second-order valence-electron chi connectivity index (χ2n) is 4.15. The molecule has 17 heavy (non-hydrogen) atoms. The molecule has 1 aromatic heterocycles. The molecular weight excluding hydrogens is 226 g/mol. The van der Waals surface area contributed by atoms with Crippen molar-refractivity contribution in [2.75, 3.05) is 6.54 Å². The number of aromatic nitrogens is 2. The van der Waals surface area contributed by atoms with Crippen LogP contribution in [-0.2, 0) is 4.74 Å². The molecule has 0 saturated carbocycles. The minimum atomic E-state index is -0.691. The Kier molecular flexibility index (Phi) is 3.14. The van der Waals surface area contributed by atoms with Crippen LogP contribution in [0.2, 0.25) is 0 Å². The van der Waals surface area contributed by atoms with Crippen molar-refractivity contribution < 1.29 is 9.84 Å². The highest BCUT2D eigenvalue weighted by Gasteiger charge is 2.34. The van der Waals surface area contributed by atoms with E-state index in [0.29, 0.717) is 5.56 Å². The van der Waals surface area contributed by atoms with Gasteiger partial charge in [-0.2, -0.15) is 0 Å². The van der Waals surface area contributed by atoms with Crippen molar-refractivity contribution in [3.05, 3.63) is 32.6 Å². The summed E-state index contributed by atoms with van der Waals surface area (Å²) in [5.74, 6) is 0. The van der Waals surface area contributed by atoms with Crippen LogP contribution in [-0.4, -0.2) is 33.4 Å². The Hall–Kier alpha value is -1.44. The number of nitrogens with one attached hydrogen (secondary N) is 1. The largest absolute Gasteiger partial charge is 0.390 e. The van der Waals surface area contributed by atoms with Crippen LogP contribution < -0.4 is 17.0 Å². The van der Waals surface area contributed by atoms with Crippen molar-refractivity contribution in [2.24, 2.45) is 5.73 Å². The van der Waals surface area contributed by atoms with E-state index in [1.807, 2.05) is 0 Å². The number of nitrogens with zero attached hydrogens (tertiary/aromatic N) is 1. The summed E-state index contributed by atoms with van der Waals surface area (Å²) in [7, 11) is 0. The lowest BCUT2D eigenvalue weighted by Gasteiger charge is -2.14. The summed E-state index contributed by atoms with van der Waals surface area (Å²) in [5.41, 5.74) is 4.88. The first kappa shape index (κ1) is 12.0. The maximum absolute atomic E-state index is 11.6. The normalized spacial score (nSPS) is 28.5. The molecule has 0 bridgehead atoms. The Morgan fingerprint density at radius 3 is 2.94 bits per heavy atom. The minimum absolute atomic E-state index is 0.189. The van der Waals surface area contributed by atoms with Crippen molar-refractivity contribution in [3.63, 3.8) is 0 Å². The van der Waals surface area contributed by atoms with Gasteiger partial charge in [-0.15, -0.1) is 0 Å². The van der Waals surface area contributed by atoms with Gasteiger partial charge in [0.15, 0.2) is 0 Å². The summed E-state index contributed by atoms with van der Waals surface area (Å²) in [6.07, 6.45) is -0.0325. The second-order valence-corrected chi connectivity index (χ2v) is 4.15. The number of hydrogen-bond donors (Lipinski definition) is 3. The lowest BCUT2D eigenvalue weighted by atomic mass is 10.2. The standard InChI is InChI=1S/C10H15N3O4/c1-5-4-13(10(16)12-9(5)15)8-2-6(14)7(3-11)17-8/h4,6-8,14H,2-3,11H2,1H3,(H,12,15,16)/t6-,7-,8-/m0/s1. The molecule has 2 heterocycles. The first-order chi connectivity index (χ1) is 8.02. The predicted octanol–water partition coefficient (Wildman–Crippen LogP) is -1.55. The summed E-state index contributed by atoms with van der Waals surface area (Å²) < 4.78 is 6.72. The molecule has 2 rings (SSSR count). The van der Waals surface area contributed by atoms with Crippen LogP contribution in [0.3, 0.4) is 0 Å². The van der Waals surface area contributed by atoms with E-state index in [4.69, 9.17) is 10.5 Å². The molecule has 1 aliphatic heterocycles. The zero-order valence-electron chi connectivity index (χ0n) is 9.42. The number of aryl methyl sites for hydroxylation is 1. The van der Waals surface area contributed by atoms with Gasteiger partial charge >= 0.3 is 5.69 Å². The smallest absolute Gasteiger partial charge is 0.330 e. The van der Waals surface area contributed by atoms with E-state index in [0.717, 1.165) is 0 Å². The summed E-state index contributed by atoms with van der Waals surface area (Å²) in [6, 6.07) is 0. The molecule has 1 saturated heterocycles. The van der Waals surface area contributed by atoms with E-state index >= 15 is 0 Å². The van der Waals surface area contributed by atoms with Crippen LogP contribution >= 0.6 is 0 Å². The van der Waals surface area contributed by atoms with Gasteiger partial charge in [-0.1, -0.05) is 0 Å². The maximum atomic E-state index is 11.6. The van der Waals surface area contributed by atoms with Gasteiger partial charge in [0.2, 0.25) is 0 Å². The molecule has 0 amide bonds. The average Bonchev–Trinajstić information content (AvgIpc) is 2.65. The van der Waals surface area contributed by atoms with Crippen molar-refractivity contribution >= 4 is 0 Å². The molecule has 1 aliphatic rings. The molecule has 0 radical (unpaired) electrons. The molecule has 0 aromatic carbocycles. The number of hydrogen-bond acceptors (Lipinski definition) is 5. The first-order valence-corrected chi connectivity index (χ1v) is 5.38. The molecule has 0 spiro atoms. The average molecular weight is 241 g/mol. The van der Waals surface area contributed by atoms with E-state index < -0.39 is 29.7 Å². The molecule has 3 atom stereocenters. The fourth-order valence-electron chi connectivity index (χ4n) is 1.90. The summed E-state index contributed by atoms with van der Waals surface area (Å²) in [6.45, 7) is 1.79. The van der Waals surface area contributed by atoms with Crippen LogP contribution in [0, 0.1) is 6.92 Å². The van der Waals surface area contributed by atoms with Crippen molar-refractivity contribution in [1.29, 1.82) is 0 Å². The fourth-order valence-corrected chi connectivity index (χ4v) is 1.90. The van der Waals surface area contributed by atoms with Crippen molar-refractivity contribution in [1.82, 2.24) is 9.55 Å². The summed E-state index contributed by atoms with van der Waals surface area (Å²) in [4.78, 5) is 25.0. The van der Waals surface area contributed by atoms with Gasteiger partial charge in [0.1, 0.15) is 6.23 Å². The van der Waals surface area contributed by atoms with Crippen LogP contribution in [0.5, 0.6) is 0 Å². The van der Waals surface area contributed by atoms with Crippen LogP contribution in [0.4, 0.5) is 0 Å². The van der Waals surface area contributed by atoms with Crippen LogP contribution in [0.15, 0.2) is 15.8 Å². The molecule has 1 fully saturated rings. The quantitative estimate of drug-likeness (QED) is 0.580. The highest BCUT2D eigenvalue weighted by Crippen LogP contribution is 2.26. The second kappa shape index (κ2) is 4.44. The SMILES string of the molecule is Cc1cn([C@@H]2C[C@H](O)[C@H](CN)O2)c(=O)[nH]c1=O. The van der Waals surface area contributed by atoms with Gasteiger partial charge in [-0.05, 0) is 6.92 Å². The zero-order valence-corrected chi connectivity index (χ0v) is 9.42. The van der Waals surface area contributed by atoms with Gasteiger partial charge < -0.3 is 15.6 Å². The Morgan fingerprint density at radius 2 is 2.35 bits per heavy atom. The van der Waals surface area contributed by atoms with Gasteiger partial charge in [-0.3, -0.25) is 14.3 Å². The van der Waals surface area contributed by atoms with Crippen molar-refractivity contribution in [2.45, 2.75) is 31.8 Å². The van der Waals surface area contributed by atoms with Gasteiger partial charge in [-0.25, -0.2) is 4.79 Å². The molecule has 0 aliphatic carbocycles. The highest BCUT2D eigenvalue weighted by atomic mass is 16.5. The number of aliphatic hydroxyl groups is 1. The molecule has 4 N–H and O–H groups in total. The van der Waals surface area contributed by atoms with Crippen LogP contribution in [0.25, 0.3) is 0 Å². The third-order valence-electron chi connectivity index (χ3n) is 2.89. The first-order valence-electron chi connectivity index (χ1n) is 5.38. The van der Waals surface area contributed by atoms with Gasteiger partial charge in [0.05, 0.1) is 12.2 Å². The monoisotopic (exact) mass is 241 g/mol. The third kappa shape index (κ3) is 2.17. The molecule has 7 heteroatoms. The summed E-state index contributed by atoms with van der Waals surface area (Å²) in [5, 5.41) is 9.64. The lowest BCUT2D eigenvalue weighted by molar-refractivity contribution is -0.0152. The van der Waals surface area contributed by atoms with E-state index in [9.17, 15) is 14.7 Å². The number of ether oxygens (including phenoxy) is 1. The van der Waals surface area contributed by atoms with Crippen molar-refractivity contribution in [3.8, 4) is 0 Å². The van der Waals surface area contributed by atoms with Crippen LogP contribution in [0.1, 0.15) is 18.2 Å². The maximum Gasteiger partial charge on any atom is 0.330 e. The number of aliphatic hydroxyl groups excluding tert-OH is 1. The molecule has 0 unspecified atom stereocenters. The Labute approximate surface area is 96.8 Å². The molecule has 94 valence electrons. The Balaban J connectivity index is 2.34. The van der Waals surface area contributed by atoms with E-state index in [1.54, 1.807) is 6.92 Å². The van der Waals surface area contributed by atoms with Gasteiger partial charge in [0.25, 0.3) is 5.56 Å². The fraction of sp³-hybridized carbons (Fsp3) is 0.600. The predicted molar refractivity (Wildman–Crippen MR) is 59.6 cm³/mol. The minimum Gasteiger partial charge on any atom is -0.390 e. The number of rotatable bonds is 2. The Morgan fingerprint density at radius 1 is 1.65 bits per heavy atom. The highest BCUT2D eigenvalue weighted by molar-refractivity contribution is 5.02. The van der Waals surface area contributed by atoms with E-state index in [1.165, 1.54) is 10.8 Å². The number of nitrogens with two attached hydrogens (primary N) is 1. The number of aromatic amines is 1. The molecule has 7 nitrogen and oxygen atoms in total. The van der Waals surface area contributed by atoms with E-state index in [-0.39, 0.29) is 13.0 Å². The lowest BCUT2D eigenvalue weighted by Crippen LogP contribution is -2.33. The van der Waals surface area contributed by atoms with Gasteiger partial charge in [0, 0.05) is 24.7 Å². The molecule has 1 aromatic rings. The number of H-pyrrole nitrogens is 1. The summed E-state index contributed by atoms with van der Waals surface area (Å²) >= 11 is 0. The van der Waals surface area contributed by atoms with E-state index in [2.05, 4.69) is 4.98 Å². The Bertz CT molecular complexity index is 521. The molecular formula is C10H15N3O4. The zero-order chi connectivity index (χ0) is 12.6. The topological polar surface area (TPSA) is 110 Å². The third-order valence-corrected chi connectivity index (χ3v) is 2.89.